The van der Waals surface area contributed by atoms with Gasteiger partial charge in [0.15, 0.2) is 6.10 Å². The van der Waals surface area contributed by atoms with E-state index in [4.69, 9.17) is 18.9 Å². The molecule has 0 aliphatic carbocycles. The first-order valence-corrected chi connectivity index (χ1v) is 12.4. The van der Waals surface area contributed by atoms with Crippen molar-refractivity contribution in [2.75, 3.05) is 32.9 Å². The number of rotatable bonds is 20. The fraction of sp³-hybridized carbons (Fsp3) is 0.958. The lowest BCUT2D eigenvalue weighted by Crippen LogP contribution is -2.53. The Bertz CT molecular complexity index is 388. The van der Waals surface area contributed by atoms with E-state index in [2.05, 4.69) is 13.8 Å². The fourth-order valence-electron chi connectivity index (χ4n) is 3.62. The molecule has 0 aliphatic rings. The fourth-order valence-corrected chi connectivity index (χ4v) is 3.62. The van der Waals surface area contributed by atoms with E-state index in [0.29, 0.717) is 39.3 Å². The van der Waals surface area contributed by atoms with Gasteiger partial charge in [-0.1, -0.05) is 58.8 Å². The first-order valence-electron chi connectivity index (χ1n) is 12.4. The number of nitrogens with zero attached hydrogens (tertiary/aromatic N) is 1. The van der Waals surface area contributed by atoms with Gasteiger partial charge in [0.1, 0.15) is 0 Å². The normalized spacial score (nSPS) is 12.7. The number of carbonyl (C=O) groups is 1. The molecule has 0 aromatic rings. The molecule has 6 heteroatoms. The van der Waals surface area contributed by atoms with Crippen LogP contribution in [0.5, 0.6) is 0 Å². The summed E-state index contributed by atoms with van der Waals surface area (Å²) in [4.78, 5) is 14.5. The molecule has 0 aromatic heterocycles. The van der Waals surface area contributed by atoms with Gasteiger partial charge in [0.2, 0.25) is 0 Å². The molecular formula is C24H49NO5. The summed E-state index contributed by atoms with van der Waals surface area (Å²) in [5, 5.41) is 0. The second-order valence-corrected chi connectivity index (χ2v) is 7.62. The van der Waals surface area contributed by atoms with E-state index < -0.39 is 12.1 Å². The molecule has 0 bridgehead atoms. The largest absolute Gasteiger partial charge is 0.437 e. The van der Waals surface area contributed by atoms with Crippen molar-refractivity contribution in [1.82, 2.24) is 4.90 Å². The summed E-state index contributed by atoms with van der Waals surface area (Å²) in [5.41, 5.74) is 0. The number of carbonyl (C=O) groups excluding carboxylic acids is 1. The maximum absolute atomic E-state index is 12.8. The van der Waals surface area contributed by atoms with Crippen LogP contribution >= 0.6 is 0 Å². The van der Waals surface area contributed by atoms with E-state index in [-0.39, 0.29) is 6.09 Å². The zero-order valence-corrected chi connectivity index (χ0v) is 20.7. The molecule has 0 fully saturated rings. The third-order valence-corrected chi connectivity index (χ3v) is 5.13. The molecule has 6 nitrogen and oxygen atoms in total. The topological polar surface area (TPSA) is 57.2 Å². The van der Waals surface area contributed by atoms with Crippen LogP contribution in [0.2, 0.25) is 0 Å². The molecule has 0 saturated heterocycles. The first-order chi connectivity index (χ1) is 14.5. The van der Waals surface area contributed by atoms with Crippen molar-refractivity contribution in [1.29, 1.82) is 0 Å². The van der Waals surface area contributed by atoms with Crippen molar-refractivity contribution in [2.24, 2.45) is 0 Å². The van der Waals surface area contributed by atoms with Crippen LogP contribution in [0.25, 0.3) is 0 Å². The monoisotopic (exact) mass is 431 g/mol. The molecule has 1 unspecified atom stereocenters. The van der Waals surface area contributed by atoms with E-state index in [1.54, 1.807) is 4.90 Å². The van der Waals surface area contributed by atoms with Crippen molar-refractivity contribution in [2.45, 2.75) is 118 Å². The zero-order chi connectivity index (χ0) is 22.7. The Morgan fingerprint density at radius 3 is 1.67 bits per heavy atom. The standard InChI is InChI=1S/C24H49NO5/c1-7-13-14-15-16-17-18-19-20-22(30-23(26)25(9-3)21-8-2)24(27-10-4,28-11-5)29-12-6/h22H,7-21H2,1-6H3. The Labute approximate surface area is 186 Å². The van der Waals surface area contributed by atoms with Crippen molar-refractivity contribution >= 4 is 6.09 Å². The Hall–Kier alpha value is -0.850. The predicted molar refractivity (Wildman–Crippen MR) is 123 cm³/mol. The maximum atomic E-state index is 12.8. The third-order valence-electron chi connectivity index (χ3n) is 5.13. The van der Waals surface area contributed by atoms with Crippen LogP contribution in [0.1, 0.15) is 106 Å². The molecular weight excluding hydrogens is 382 g/mol. The lowest BCUT2D eigenvalue weighted by Gasteiger charge is -2.38. The quantitative estimate of drug-likeness (QED) is 0.162. The SMILES string of the molecule is CCCCCCCCCCC(OC(=O)N(CC)CCC)C(OCC)(OCC)OCC. The molecule has 1 atom stereocenters. The highest BCUT2D eigenvalue weighted by Gasteiger charge is 2.45. The zero-order valence-electron chi connectivity index (χ0n) is 20.7. The molecule has 0 radical (unpaired) electrons. The first kappa shape index (κ1) is 29.1. The third kappa shape index (κ3) is 11.5. The summed E-state index contributed by atoms with van der Waals surface area (Å²) in [7, 11) is 0. The van der Waals surface area contributed by atoms with Gasteiger partial charge in [-0.15, -0.1) is 0 Å². The van der Waals surface area contributed by atoms with Crippen LogP contribution in [0, 0.1) is 0 Å². The Balaban J connectivity index is 5.10. The summed E-state index contributed by atoms with van der Waals surface area (Å²) in [5.74, 6) is -1.35. The van der Waals surface area contributed by atoms with Gasteiger partial charge in [0.25, 0.3) is 0 Å². The average molecular weight is 432 g/mol. The number of ether oxygens (including phenoxy) is 4. The molecule has 30 heavy (non-hydrogen) atoms. The van der Waals surface area contributed by atoms with Gasteiger partial charge in [-0.25, -0.2) is 4.79 Å². The van der Waals surface area contributed by atoms with Crippen molar-refractivity contribution in [3.63, 3.8) is 0 Å². The molecule has 0 aliphatic heterocycles. The van der Waals surface area contributed by atoms with Gasteiger partial charge < -0.3 is 23.8 Å². The van der Waals surface area contributed by atoms with Gasteiger partial charge in [-0.2, -0.15) is 0 Å². The summed E-state index contributed by atoms with van der Waals surface area (Å²) < 4.78 is 23.7. The highest BCUT2D eigenvalue weighted by Crippen LogP contribution is 2.28. The number of hydrogen-bond acceptors (Lipinski definition) is 5. The van der Waals surface area contributed by atoms with Gasteiger partial charge in [-0.3, -0.25) is 0 Å². The number of unbranched alkanes of at least 4 members (excludes halogenated alkanes) is 7. The molecule has 1 amide bonds. The second-order valence-electron chi connectivity index (χ2n) is 7.62. The molecule has 0 rings (SSSR count). The lowest BCUT2D eigenvalue weighted by atomic mass is 10.0. The van der Waals surface area contributed by atoms with E-state index in [1.165, 1.54) is 38.5 Å². The average Bonchev–Trinajstić information content (AvgIpc) is 2.73. The van der Waals surface area contributed by atoms with Crippen LogP contribution < -0.4 is 0 Å². The van der Waals surface area contributed by atoms with Gasteiger partial charge in [0.05, 0.1) is 0 Å². The Morgan fingerprint density at radius 1 is 0.733 bits per heavy atom. The molecule has 0 aromatic carbocycles. The van der Waals surface area contributed by atoms with E-state index in [9.17, 15) is 4.79 Å². The summed E-state index contributed by atoms with van der Waals surface area (Å²) >= 11 is 0. The Kier molecular flexibility index (Phi) is 18.3. The van der Waals surface area contributed by atoms with Crippen molar-refractivity contribution in [3.05, 3.63) is 0 Å². The van der Waals surface area contributed by atoms with Crippen LogP contribution in [0.4, 0.5) is 4.79 Å². The smallest absolute Gasteiger partial charge is 0.410 e. The van der Waals surface area contributed by atoms with Crippen LogP contribution in [0.3, 0.4) is 0 Å². The maximum Gasteiger partial charge on any atom is 0.410 e. The van der Waals surface area contributed by atoms with Gasteiger partial charge in [0, 0.05) is 32.9 Å². The van der Waals surface area contributed by atoms with Crippen molar-refractivity contribution < 1.29 is 23.7 Å². The van der Waals surface area contributed by atoms with Crippen LogP contribution in [-0.4, -0.2) is 56.0 Å². The summed E-state index contributed by atoms with van der Waals surface area (Å²) in [6.45, 7) is 14.5. The highest BCUT2D eigenvalue weighted by atomic mass is 16.9. The van der Waals surface area contributed by atoms with Gasteiger partial charge in [-0.05, 0) is 47.0 Å². The van der Waals surface area contributed by atoms with E-state index >= 15 is 0 Å². The van der Waals surface area contributed by atoms with Gasteiger partial charge >= 0.3 is 12.1 Å². The van der Waals surface area contributed by atoms with Crippen molar-refractivity contribution in [3.8, 4) is 0 Å². The lowest BCUT2D eigenvalue weighted by molar-refractivity contribution is -0.410. The van der Waals surface area contributed by atoms with Crippen LogP contribution in [0.15, 0.2) is 0 Å². The highest BCUT2D eigenvalue weighted by molar-refractivity contribution is 5.67. The summed E-state index contributed by atoms with van der Waals surface area (Å²) in [6, 6.07) is 0. The molecule has 180 valence electrons. The Morgan fingerprint density at radius 2 is 1.23 bits per heavy atom. The minimum Gasteiger partial charge on any atom is -0.437 e. The van der Waals surface area contributed by atoms with Crippen LogP contribution in [-0.2, 0) is 18.9 Å². The number of amides is 1. The second kappa shape index (κ2) is 18.9. The molecule has 0 N–H and O–H groups in total. The molecule has 0 spiro atoms. The minimum absolute atomic E-state index is 0.326. The number of hydrogen-bond donors (Lipinski definition) is 0. The summed E-state index contributed by atoms with van der Waals surface area (Å²) in [6.07, 6.45) is 10.3. The molecule has 0 heterocycles. The van der Waals surface area contributed by atoms with E-state index in [1.807, 2.05) is 27.7 Å². The minimum atomic E-state index is -1.35. The van der Waals surface area contributed by atoms with E-state index in [0.717, 1.165) is 19.3 Å². The molecule has 0 saturated carbocycles. The predicted octanol–water partition coefficient (Wildman–Crippen LogP) is 6.52.